The Kier molecular flexibility index (Phi) is 24.1. The summed E-state index contributed by atoms with van der Waals surface area (Å²) in [5.41, 5.74) is 12.2. The molecule has 0 saturated heterocycles. The number of alkyl halides is 15. The SMILES string of the molecule is [C-]#[N+]/C(C#N)=C1/c2cc(-c3cc(C(F)(F)F)cc(C(F)(F)F)c3)ccc2-c2cc3c(cc21)-c1ccc(-c2cc(C)cc(C)c2)cc1/C3=C(/C#N)[N+]#[C-].[C-]#[N+]/C(C#N)=C1/c2cc(-c3ccc(F)c(C(F)(F)F)c3)ccc2-c2cc3c(cc21)-c1ccc(-c2ccc(F)c(C)c2)cc1/C3=C(/C#N)[N+]#[C-].[C-]#[N+]/N=c1/c2cc(-c3cc(C)cc(C)c3)ccc2c2cc3c(=NC#N)c4cc(-c5cc(C(F)(F)F)cc(C(F)(F)F)c5)ccc4c3cc12. The van der Waals surface area contributed by atoms with E-state index in [2.05, 4.69) is 58.7 Å². The predicted molar refractivity (Wildman–Crippen MR) is 531 cm³/mol. The number of nitriles is 5. The molecular formula is C120H57F17N12. The van der Waals surface area contributed by atoms with Crippen LogP contribution in [0.3, 0.4) is 0 Å². The highest BCUT2D eigenvalue weighted by Crippen LogP contribution is 2.59. The molecule has 0 fully saturated rings. The van der Waals surface area contributed by atoms with Gasteiger partial charge in [0.25, 0.3) is 22.8 Å². The molecule has 12 nitrogen and oxygen atoms in total. The zero-order chi connectivity index (χ0) is 106. The number of halogens is 17. The van der Waals surface area contributed by atoms with Gasteiger partial charge in [0, 0.05) is 43.8 Å². The molecule has 716 valence electrons. The van der Waals surface area contributed by atoms with E-state index in [1.54, 1.807) is 73.8 Å². The summed E-state index contributed by atoms with van der Waals surface area (Å²) in [5, 5.41) is 59.8. The maximum absolute atomic E-state index is 14.1. The Morgan fingerprint density at radius 3 is 0.812 bits per heavy atom. The van der Waals surface area contributed by atoms with Gasteiger partial charge < -0.3 is 0 Å². The van der Waals surface area contributed by atoms with Gasteiger partial charge in [-0.3, -0.25) is 0 Å². The number of nitrogens with zero attached hydrogens (tertiary/aromatic N) is 12. The van der Waals surface area contributed by atoms with Gasteiger partial charge in [-0.15, -0.1) is 4.95 Å². The summed E-state index contributed by atoms with van der Waals surface area (Å²) in [6, 6.07) is 72.0. The third kappa shape index (κ3) is 17.3. The van der Waals surface area contributed by atoms with Crippen LogP contribution in [-0.4, -0.2) is 0 Å². The molecule has 0 N–H and O–H groups in total. The Morgan fingerprint density at radius 1 is 0.242 bits per heavy atom. The van der Waals surface area contributed by atoms with Gasteiger partial charge in [-0.2, -0.15) is 82.7 Å². The zero-order valence-electron chi connectivity index (χ0n) is 77.5. The second kappa shape index (κ2) is 36.6. The minimum absolute atomic E-state index is 0.0140. The van der Waals surface area contributed by atoms with E-state index in [1.807, 2.05) is 131 Å². The van der Waals surface area contributed by atoms with Gasteiger partial charge >= 0.3 is 30.9 Å². The summed E-state index contributed by atoms with van der Waals surface area (Å²) in [7, 11) is 0. The molecule has 17 aromatic rings. The first kappa shape index (κ1) is 98.1. The lowest BCUT2D eigenvalue weighted by Crippen LogP contribution is -2.11. The number of fused-ring (bicyclic) bond motifs is 18. The monoisotopic (exact) mass is 1990 g/mol. The molecule has 29 heteroatoms. The molecule has 0 aliphatic heterocycles. The lowest BCUT2D eigenvalue weighted by molar-refractivity contribution is -0.144. The van der Waals surface area contributed by atoms with Crippen LogP contribution in [0.15, 0.2) is 288 Å². The van der Waals surface area contributed by atoms with E-state index in [4.69, 9.17) is 32.9 Å². The van der Waals surface area contributed by atoms with Crippen molar-refractivity contribution in [2.75, 3.05) is 0 Å². The van der Waals surface area contributed by atoms with Crippen LogP contribution in [-0.2, 0) is 30.9 Å². The minimum Gasteiger partial charge on any atom is -0.226 e. The van der Waals surface area contributed by atoms with Crippen molar-refractivity contribution in [2.45, 2.75) is 65.5 Å². The Labute approximate surface area is 836 Å². The highest BCUT2D eigenvalue weighted by Gasteiger charge is 2.43. The van der Waals surface area contributed by atoms with Gasteiger partial charge in [-0.05, 0) is 351 Å². The van der Waals surface area contributed by atoms with E-state index in [9.17, 15) is 101 Å². The number of benzene rings is 15. The Balaban J connectivity index is 0.000000140. The van der Waals surface area contributed by atoms with Crippen LogP contribution in [0.2, 0.25) is 0 Å². The maximum atomic E-state index is 14.1. The summed E-state index contributed by atoms with van der Waals surface area (Å²) in [6.07, 6.45) is -23.2. The second-order valence-corrected chi connectivity index (χ2v) is 35.8. The van der Waals surface area contributed by atoms with Crippen molar-refractivity contribution in [1.82, 2.24) is 0 Å². The van der Waals surface area contributed by atoms with E-state index in [0.29, 0.717) is 162 Å². The highest BCUT2D eigenvalue weighted by molar-refractivity contribution is 6.22. The molecule has 0 atom stereocenters. The quantitative estimate of drug-likeness (QED) is 0.0530. The number of hydrogen-bond donors (Lipinski definition) is 0. The number of allylic oxidation sites excluding steroid dienone is 4. The van der Waals surface area contributed by atoms with E-state index in [1.165, 1.54) is 42.5 Å². The fraction of sp³-hybridized carbons (Fsp3) is 0.0833. The molecule has 0 radical (unpaired) electrons. The highest BCUT2D eigenvalue weighted by atomic mass is 19.4. The first-order valence-electron chi connectivity index (χ1n) is 44.8. The first-order valence-corrected chi connectivity index (χ1v) is 44.8. The van der Waals surface area contributed by atoms with Crippen LogP contribution in [0.25, 0.3) is 201 Å². The average molecular weight is 1990 g/mol. The summed E-state index contributed by atoms with van der Waals surface area (Å²) < 4.78 is 233. The lowest BCUT2D eigenvalue weighted by atomic mass is 9.94. The van der Waals surface area contributed by atoms with E-state index < -0.39 is 64.5 Å². The second-order valence-electron chi connectivity index (χ2n) is 35.8. The van der Waals surface area contributed by atoms with Crippen LogP contribution in [0.5, 0.6) is 0 Å². The summed E-state index contributed by atoms with van der Waals surface area (Å²) in [4.78, 5) is 21.3. The molecule has 0 saturated carbocycles. The van der Waals surface area contributed by atoms with Crippen molar-refractivity contribution in [3.05, 3.63) is 457 Å². The number of aryl methyl sites for hydroxylation is 5. The van der Waals surface area contributed by atoms with E-state index in [-0.39, 0.29) is 90.6 Å². The average Bonchev–Trinajstić information content (AvgIpc) is 1.57. The third-order valence-electron chi connectivity index (χ3n) is 26.7. The van der Waals surface area contributed by atoms with Gasteiger partial charge in [0.2, 0.25) is 6.19 Å². The molecule has 0 amide bonds. The molecule has 0 aromatic heterocycles. The number of rotatable bonds is 6. The van der Waals surface area contributed by atoms with Gasteiger partial charge in [0.05, 0.1) is 88.8 Å². The largest absolute Gasteiger partial charge is 0.419 e. The maximum Gasteiger partial charge on any atom is 0.419 e. The van der Waals surface area contributed by atoms with Crippen molar-refractivity contribution in [3.63, 3.8) is 0 Å². The molecule has 0 heterocycles. The first-order chi connectivity index (χ1) is 70.9. The van der Waals surface area contributed by atoms with Crippen LogP contribution in [0.1, 0.15) is 100 Å². The van der Waals surface area contributed by atoms with Gasteiger partial charge in [0.1, 0.15) is 11.6 Å². The topological polar surface area (TPSA) is 165 Å². The Hall–Kier alpha value is -19.7. The number of hydrogen-bond acceptors (Lipinski definition) is 7. The van der Waals surface area contributed by atoms with Crippen LogP contribution < -0.4 is 10.7 Å². The van der Waals surface area contributed by atoms with E-state index in [0.717, 1.165) is 83.9 Å². The normalized spacial score (nSPS) is 14.0. The van der Waals surface area contributed by atoms with Crippen molar-refractivity contribution in [3.8, 4) is 142 Å². The van der Waals surface area contributed by atoms with Gasteiger partial charge in [-0.25, -0.2) is 49.2 Å². The van der Waals surface area contributed by atoms with Crippen molar-refractivity contribution < 1.29 is 74.6 Å². The molecule has 0 bridgehead atoms. The molecule has 4 aliphatic rings. The molecule has 0 unspecified atom stereocenters. The summed E-state index contributed by atoms with van der Waals surface area (Å²) >= 11 is 0. The lowest BCUT2D eigenvalue weighted by Gasteiger charge is -2.15. The van der Waals surface area contributed by atoms with Crippen molar-refractivity contribution in [2.24, 2.45) is 10.1 Å². The molecule has 17 aromatic carbocycles. The molecular weight excluding hydrogens is 1930 g/mol. The molecule has 4 aliphatic carbocycles. The Bertz CT molecular complexity index is 9500. The predicted octanol–water partition coefficient (Wildman–Crippen LogP) is 33.3. The van der Waals surface area contributed by atoms with Gasteiger partial charge in [0.15, 0.2) is 5.36 Å². The third-order valence-corrected chi connectivity index (χ3v) is 26.7. The van der Waals surface area contributed by atoms with Crippen molar-refractivity contribution in [1.29, 1.82) is 26.3 Å². The summed E-state index contributed by atoms with van der Waals surface area (Å²) in [6.45, 7) is 48.4. The zero-order valence-corrected chi connectivity index (χ0v) is 77.5. The van der Waals surface area contributed by atoms with E-state index >= 15 is 0 Å². The standard InChI is InChI=1S/C42H20F6N4.C40H17F5N4.C38H20F6N4/c1-21-9-22(2)11-25(10-21)23-5-7-29-31-17-36-32(18-35(31)39(33(29)14-23)37(19-49)51-3)30-8-6-24(15-34(30)40(36)38(20-50)52-4)26-12-27(41(43,44)45)16-28(13-26)42(46,47)48;1-20-12-21(6-10-34(20)41)22-4-8-25-27-16-32-28(17-31(27)38(29(25)13-22)36(18-46)48-2)26-9-5-23(14-30(26)39(32)37(19-47)49-3)24-7-11-35(42)33(15-24)40(43,44)45;1-19-8-20(2)10-23(9-19)21-4-7-28-30-16-33-29(17-34(30)36(48-46-3)32(28)14-21)27-6-5-22(13-31(27)35(33)47-18-45)24-11-25(37(39,40)41)15-26(12-24)38(42,43)44/h5-18H,1-2H3;4-17H,1H3;4-17H,1-2H3/b39-37+,40-38-;38-36+,39-37-;47-35?,48-36-. The van der Waals surface area contributed by atoms with Crippen LogP contribution >= 0.6 is 0 Å². The fourth-order valence-corrected chi connectivity index (χ4v) is 20.4. The summed E-state index contributed by atoms with van der Waals surface area (Å²) in [5.74, 6) is -1.75. The molecule has 21 rings (SSSR count). The molecule has 149 heavy (non-hydrogen) atoms. The van der Waals surface area contributed by atoms with Gasteiger partial charge in [-0.1, -0.05) is 144 Å². The Morgan fingerprint density at radius 2 is 0.510 bits per heavy atom. The van der Waals surface area contributed by atoms with Crippen molar-refractivity contribution >= 4 is 65.4 Å². The van der Waals surface area contributed by atoms with Crippen LogP contribution in [0.4, 0.5) is 74.6 Å². The smallest absolute Gasteiger partial charge is 0.226 e. The van der Waals surface area contributed by atoms with Crippen LogP contribution in [0, 0.1) is 136 Å². The molecule has 0 spiro atoms. The fourth-order valence-electron chi connectivity index (χ4n) is 20.4. The minimum atomic E-state index is -5.05.